The molecule has 0 amide bonds. The average molecular weight is 192 g/mol. The number of hydrogen-bond acceptors (Lipinski definition) is 2. The predicted octanol–water partition coefficient (Wildman–Crippen LogP) is 2.78. The number of imidazole rings is 1. The number of benzene rings is 1. The molecule has 2 rings (SSSR count). The lowest BCUT2D eigenvalue weighted by Gasteiger charge is -1.99. The van der Waals surface area contributed by atoms with E-state index < -0.39 is 0 Å². The third-order valence-electron chi connectivity index (χ3n) is 2.17. The van der Waals surface area contributed by atoms with E-state index in [2.05, 4.69) is 40.9 Å². The van der Waals surface area contributed by atoms with Gasteiger partial charge >= 0.3 is 0 Å². The van der Waals surface area contributed by atoms with Gasteiger partial charge in [0.05, 0.1) is 17.4 Å². The number of aromatic nitrogens is 2. The van der Waals surface area contributed by atoms with Gasteiger partial charge in [-0.2, -0.15) is 0 Å². The summed E-state index contributed by atoms with van der Waals surface area (Å²) in [5.41, 5.74) is 2.31. The van der Waals surface area contributed by atoms with Crippen LogP contribution in [0.25, 0.3) is 11.0 Å². The van der Waals surface area contributed by atoms with Crippen molar-refractivity contribution in [3.8, 4) is 0 Å². The van der Waals surface area contributed by atoms with Crippen molar-refractivity contribution in [2.24, 2.45) is 0 Å². The molecule has 0 N–H and O–H groups in total. The van der Waals surface area contributed by atoms with E-state index in [1.54, 1.807) is 11.8 Å². The van der Waals surface area contributed by atoms with Gasteiger partial charge in [0.2, 0.25) is 0 Å². The van der Waals surface area contributed by atoms with E-state index in [0.717, 1.165) is 12.1 Å². The Hall–Kier alpha value is -0.960. The first kappa shape index (κ1) is 8.63. The van der Waals surface area contributed by atoms with Crippen LogP contribution in [0.5, 0.6) is 0 Å². The second-order valence-corrected chi connectivity index (χ2v) is 3.76. The molecule has 2 aromatic rings. The Balaban J connectivity index is 2.61. The first-order valence-electron chi connectivity index (χ1n) is 4.34. The fourth-order valence-electron chi connectivity index (χ4n) is 1.42. The number of nitrogens with zero attached hydrogens (tertiary/aromatic N) is 2. The van der Waals surface area contributed by atoms with Crippen LogP contribution in [0.4, 0.5) is 0 Å². The maximum absolute atomic E-state index is 4.35. The van der Waals surface area contributed by atoms with Gasteiger partial charge in [0.1, 0.15) is 0 Å². The van der Waals surface area contributed by atoms with Crippen molar-refractivity contribution in [3.05, 3.63) is 24.5 Å². The van der Waals surface area contributed by atoms with Gasteiger partial charge in [-0.1, -0.05) is 0 Å². The van der Waals surface area contributed by atoms with E-state index in [-0.39, 0.29) is 0 Å². The largest absolute Gasteiger partial charge is 0.331 e. The lowest BCUT2D eigenvalue weighted by atomic mass is 10.3. The van der Waals surface area contributed by atoms with E-state index >= 15 is 0 Å². The van der Waals surface area contributed by atoms with Crippen molar-refractivity contribution >= 4 is 22.8 Å². The zero-order chi connectivity index (χ0) is 9.26. The van der Waals surface area contributed by atoms with Crippen LogP contribution in [0.1, 0.15) is 6.92 Å². The molecule has 0 spiro atoms. The topological polar surface area (TPSA) is 17.8 Å². The Morgan fingerprint density at radius 1 is 1.46 bits per heavy atom. The van der Waals surface area contributed by atoms with Crippen LogP contribution in [-0.2, 0) is 6.54 Å². The second-order valence-electron chi connectivity index (χ2n) is 2.89. The second kappa shape index (κ2) is 3.42. The van der Waals surface area contributed by atoms with E-state index in [4.69, 9.17) is 0 Å². The first-order chi connectivity index (χ1) is 6.35. The van der Waals surface area contributed by atoms with Crippen LogP contribution in [0, 0.1) is 0 Å². The zero-order valence-corrected chi connectivity index (χ0v) is 8.64. The minimum absolute atomic E-state index is 0.981. The number of hydrogen-bond donors (Lipinski definition) is 0. The molecular formula is C10H12N2S. The van der Waals surface area contributed by atoms with Crippen LogP contribution in [0.2, 0.25) is 0 Å². The van der Waals surface area contributed by atoms with Crippen molar-refractivity contribution < 1.29 is 0 Å². The first-order valence-corrected chi connectivity index (χ1v) is 5.56. The summed E-state index contributed by atoms with van der Waals surface area (Å²) < 4.78 is 2.15. The van der Waals surface area contributed by atoms with E-state index in [9.17, 15) is 0 Å². The molecule has 0 saturated heterocycles. The van der Waals surface area contributed by atoms with Crippen molar-refractivity contribution in [1.82, 2.24) is 9.55 Å². The SMILES string of the molecule is CCn1cnc2cc(SC)ccc21. The summed E-state index contributed by atoms with van der Waals surface area (Å²) in [6.45, 7) is 3.11. The molecule has 0 fully saturated rings. The molecule has 2 nitrogen and oxygen atoms in total. The molecule has 0 radical (unpaired) electrons. The molecule has 0 aliphatic heterocycles. The Labute approximate surface area is 82.0 Å². The summed E-state index contributed by atoms with van der Waals surface area (Å²) in [6.07, 6.45) is 3.98. The fourth-order valence-corrected chi connectivity index (χ4v) is 1.86. The van der Waals surface area contributed by atoms with Crippen LogP contribution in [-0.4, -0.2) is 15.8 Å². The van der Waals surface area contributed by atoms with Gasteiger partial charge in [0.15, 0.2) is 0 Å². The van der Waals surface area contributed by atoms with Gasteiger partial charge in [-0.3, -0.25) is 0 Å². The third-order valence-corrected chi connectivity index (χ3v) is 2.89. The van der Waals surface area contributed by atoms with Gasteiger partial charge in [-0.15, -0.1) is 11.8 Å². The summed E-state index contributed by atoms with van der Waals surface area (Å²) in [5.74, 6) is 0. The fraction of sp³-hybridized carbons (Fsp3) is 0.300. The lowest BCUT2D eigenvalue weighted by Crippen LogP contribution is -1.89. The number of thioether (sulfide) groups is 1. The highest BCUT2D eigenvalue weighted by Crippen LogP contribution is 2.20. The van der Waals surface area contributed by atoms with Gasteiger partial charge in [-0.05, 0) is 31.4 Å². The van der Waals surface area contributed by atoms with E-state index in [1.165, 1.54) is 10.4 Å². The molecule has 0 saturated carbocycles. The monoisotopic (exact) mass is 192 g/mol. The molecular weight excluding hydrogens is 180 g/mol. The third kappa shape index (κ3) is 1.44. The maximum atomic E-state index is 4.35. The molecule has 0 atom stereocenters. The van der Waals surface area contributed by atoms with Crippen molar-refractivity contribution in [2.75, 3.05) is 6.26 Å². The van der Waals surface area contributed by atoms with Crippen LogP contribution >= 0.6 is 11.8 Å². The highest BCUT2D eigenvalue weighted by Gasteiger charge is 2.00. The Morgan fingerprint density at radius 2 is 2.31 bits per heavy atom. The molecule has 13 heavy (non-hydrogen) atoms. The van der Waals surface area contributed by atoms with E-state index in [0.29, 0.717) is 0 Å². The lowest BCUT2D eigenvalue weighted by molar-refractivity contribution is 0.787. The molecule has 3 heteroatoms. The number of fused-ring (bicyclic) bond motifs is 1. The zero-order valence-electron chi connectivity index (χ0n) is 7.82. The summed E-state index contributed by atoms with van der Waals surface area (Å²) in [7, 11) is 0. The summed E-state index contributed by atoms with van der Waals surface area (Å²) >= 11 is 1.75. The maximum Gasteiger partial charge on any atom is 0.0958 e. The summed E-state index contributed by atoms with van der Waals surface area (Å²) in [4.78, 5) is 5.62. The van der Waals surface area contributed by atoms with Crippen LogP contribution in [0.15, 0.2) is 29.4 Å². The van der Waals surface area contributed by atoms with Gasteiger partial charge in [0.25, 0.3) is 0 Å². The Bertz CT molecular complexity index is 420. The van der Waals surface area contributed by atoms with Crippen LogP contribution in [0.3, 0.4) is 0 Å². The van der Waals surface area contributed by atoms with Crippen molar-refractivity contribution in [3.63, 3.8) is 0 Å². The smallest absolute Gasteiger partial charge is 0.0958 e. The molecule has 1 heterocycles. The Morgan fingerprint density at radius 3 is 3.00 bits per heavy atom. The quantitative estimate of drug-likeness (QED) is 0.681. The normalized spacial score (nSPS) is 10.9. The van der Waals surface area contributed by atoms with Crippen molar-refractivity contribution in [2.45, 2.75) is 18.4 Å². The summed E-state index contributed by atoms with van der Waals surface area (Å²) in [5, 5.41) is 0. The average Bonchev–Trinajstić information content (AvgIpc) is 2.59. The van der Waals surface area contributed by atoms with Gasteiger partial charge in [-0.25, -0.2) is 4.98 Å². The molecule has 1 aromatic carbocycles. The molecule has 0 bridgehead atoms. The predicted molar refractivity (Wildman–Crippen MR) is 57.2 cm³/mol. The highest BCUT2D eigenvalue weighted by molar-refractivity contribution is 7.98. The molecule has 0 unspecified atom stereocenters. The summed E-state index contributed by atoms with van der Waals surface area (Å²) in [6, 6.07) is 6.41. The van der Waals surface area contributed by atoms with Gasteiger partial charge in [0, 0.05) is 11.4 Å². The highest BCUT2D eigenvalue weighted by atomic mass is 32.2. The van der Waals surface area contributed by atoms with Crippen LogP contribution < -0.4 is 0 Å². The molecule has 68 valence electrons. The molecule has 1 aromatic heterocycles. The minimum Gasteiger partial charge on any atom is -0.331 e. The number of aryl methyl sites for hydroxylation is 1. The van der Waals surface area contributed by atoms with E-state index in [1.807, 2.05) is 6.33 Å². The minimum atomic E-state index is 0.981. The molecule has 0 aliphatic rings. The van der Waals surface area contributed by atoms with Gasteiger partial charge < -0.3 is 4.57 Å². The van der Waals surface area contributed by atoms with Crippen molar-refractivity contribution in [1.29, 1.82) is 0 Å². The number of rotatable bonds is 2. The standard InChI is InChI=1S/C10H12N2S/c1-3-12-7-11-9-6-8(13-2)4-5-10(9)12/h4-7H,3H2,1-2H3. The Kier molecular flexibility index (Phi) is 2.27. The molecule has 0 aliphatic carbocycles.